The highest BCUT2D eigenvalue weighted by molar-refractivity contribution is 8.00. The summed E-state index contributed by atoms with van der Waals surface area (Å²) in [6.45, 7) is 2.35. The molecule has 2 aromatic rings. The maximum Gasteiger partial charge on any atom is 0.276 e. The van der Waals surface area contributed by atoms with Gasteiger partial charge < -0.3 is 25.8 Å². The number of thioether (sulfide) groups is 1. The van der Waals surface area contributed by atoms with Gasteiger partial charge in [-0.05, 0) is 26.2 Å². The first-order valence-electron chi connectivity index (χ1n) is 11.5. The van der Waals surface area contributed by atoms with E-state index in [2.05, 4.69) is 20.0 Å². The van der Waals surface area contributed by atoms with Crippen LogP contribution in [0.25, 0.3) is 0 Å². The number of carboxylic acids is 1. The lowest BCUT2D eigenvalue weighted by molar-refractivity contribution is -0.692. The van der Waals surface area contributed by atoms with Gasteiger partial charge in [-0.25, -0.2) is 4.98 Å². The lowest BCUT2D eigenvalue weighted by atomic mass is 10.0. The summed E-state index contributed by atoms with van der Waals surface area (Å²) in [7, 11) is 0. The van der Waals surface area contributed by atoms with Crippen molar-refractivity contribution in [1.29, 1.82) is 0 Å². The van der Waals surface area contributed by atoms with Gasteiger partial charge in [0.05, 0.1) is 16.5 Å². The summed E-state index contributed by atoms with van der Waals surface area (Å²) in [4.78, 5) is 49.9. The van der Waals surface area contributed by atoms with Gasteiger partial charge >= 0.3 is 0 Å². The first kappa shape index (κ1) is 24.7. The number of amides is 2. The van der Waals surface area contributed by atoms with E-state index in [0.29, 0.717) is 17.9 Å². The highest BCUT2D eigenvalue weighted by atomic mass is 32.2. The fraction of sp³-hybridized carbons (Fsp3) is 0.455. The molecule has 2 aromatic heterocycles. The zero-order valence-electron chi connectivity index (χ0n) is 19.4. The summed E-state index contributed by atoms with van der Waals surface area (Å²) in [6, 6.07) is -0.914. The topological polar surface area (TPSA) is 154 Å². The van der Waals surface area contributed by atoms with Crippen molar-refractivity contribution in [1.82, 2.24) is 15.2 Å². The molecule has 1 fully saturated rings. The van der Waals surface area contributed by atoms with Gasteiger partial charge in [0.1, 0.15) is 23.7 Å². The molecule has 4 heterocycles. The SMILES string of the molecule is CCO/N=C(\C(=O)N[C@@H]1C(=O)N2C(C(=O)[O-])=C(C[n+]3csc4c3CCCC4)CS[C@H]12)c1csc(N)n1. The molecule has 14 heteroatoms. The summed E-state index contributed by atoms with van der Waals surface area (Å²) in [5.74, 6) is -2.15. The molecule has 0 saturated carbocycles. The molecule has 0 spiro atoms. The Labute approximate surface area is 219 Å². The number of carbonyl (C=O) groups excluding carboxylic acids is 3. The number of β-lactam (4-membered cyclic amide) rings is 1. The van der Waals surface area contributed by atoms with E-state index >= 15 is 0 Å². The maximum atomic E-state index is 13.1. The van der Waals surface area contributed by atoms with Gasteiger partial charge in [0.25, 0.3) is 11.8 Å². The third-order valence-electron chi connectivity index (χ3n) is 6.21. The van der Waals surface area contributed by atoms with Crippen LogP contribution in [-0.4, -0.2) is 57.2 Å². The van der Waals surface area contributed by atoms with Crippen LogP contribution in [0.3, 0.4) is 0 Å². The van der Waals surface area contributed by atoms with Crippen LogP contribution in [0, 0.1) is 0 Å². The Hall–Kier alpha value is -2.97. The molecule has 2 aliphatic heterocycles. The number of aromatic nitrogens is 2. The molecule has 5 rings (SSSR count). The van der Waals surface area contributed by atoms with Gasteiger partial charge in [0.2, 0.25) is 5.51 Å². The number of oxime groups is 1. The number of fused-ring (bicyclic) bond motifs is 2. The fourth-order valence-electron chi connectivity index (χ4n) is 4.55. The number of hydrogen-bond donors (Lipinski definition) is 2. The first-order chi connectivity index (χ1) is 17.4. The van der Waals surface area contributed by atoms with Crippen molar-refractivity contribution >= 4 is 63.1 Å². The second-order valence-electron chi connectivity index (χ2n) is 8.46. The number of thiazole rings is 2. The largest absolute Gasteiger partial charge is 0.543 e. The van der Waals surface area contributed by atoms with Gasteiger partial charge in [0.15, 0.2) is 23.1 Å². The number of carboxylic acid groups (broad SMARTS) is 1. The second kappa shape index (κ2) is 10.2. The van der Waals surface area contributed by atoms with Gasteiger partial charge in [-0.1, -0.05) is 16.5 Å². The molecule has 0 unspecified atom stereocenters. The van der Waals surface area contributed by atoms with Crippen molar-refractivity contribution in [3.8, 4) is 0 Å². The van der Waals surface area contributed by atoms with Crippen molar-refractivity contribution in [2.24, 2.45) is 5.16 Å². The highest BCUT2D eigenvalue weighted by Gasteiger charge is 2.53. The highest BCUT2D eigenvalue weighted by Crippen LogP contribution is 2.40. The van der Waals surface area contributed by atoms with E-state index in [1.807, 2.05) is 5.51 Å². The predicted molar refractivity (Wildman–Crippen MR) is 133 cm³/mol. The lowest BCUT2D eigenvalue weighted by Crippen LogP contribution is -2.71. The van der Waals surface area contributed by atoms with Crippen molar-refractivity contribution in [3.63, 3.8) is 0 Å². The number of carbonyl (C=O) groups is 3. The Kier molecular flexibility index (Phi) is 6.99. The summed E-state index contributed by atoms with van der Waals surface area (Å²) in [5.41, 5.74) is 9.60. The third-order valence-corrected chi connectivity index (χ3v) is 9.31. The number of anilines is 1. The maximum absolute atomic E-state index is 13.1. The van der Waals surface area contributed by atoms with Crippen LogP contribution in [-0.2, 0) is 38.6 Å². The summed E-state index contributed by atoms with van der Waals surface area (Å²) in [6.07, 6.45) is 4.29. The Bertz CT molecular complexity index is 1280. The Balaban J connectivity index is 1.35. The standard InChI is InChI=1S/C22H24N6O5S3/c1-2-33-26-15(12-9-35-22(23)24-12)18(29)25-16-19(30)28-17(21(31)32)11(8-34-20(16)28)7-27-10-36-14-6-4-3-5-13(14)27/h9-10,16,20H,2-8H2,1H3,(H3-,23,24,25,29,31,32)/b26-15-/t16-,20-/m1/s1. The second-order valence-corrected chi connectivity index (χ2v) is 11.4. The molecule has 2 amide bonds. The van der Waals surface area contributed by atoms with Crippen molar-refractivity contribution in [3.05, 3.63) is 38.4 Å². The Morgan fingerprint density at radius 1 is 1.36 bits per heavy atom. The minimum absolute atomic E-state index is 0.104. The molecule has 3 N–H and O–H groups in total. The Morgan fingerprint density at radius 2 is 2.17 bits per heavy atom. The monoisotopic (exact) mass is 548 g/mol. The lowest BCUT2D eigenvalue weighted by Gasteiger charge is -2.50. The van der Waals surface area contributed by atoms with Crippen LogP contribution in [0.15, 0.2) is 27.3 Å². The number of rotatable bonds is 8. The normalized spacial score (nSPS) is 21.5. The smallest absolute Gasteiger partial charge is 0.276 e. The third kappa shape index (κ3) is 4.48. The van der Waals surface area contributed by atoms with E-state index in [1.165, 1.54) is 33.7 Å². The van der Waals surface area contributed by atoms with E-state index in [1.54, 1.807) is 23.6 Å². The van der Waals surface area contributed by atoms with Gasteiger partial charge in [-0.15, -0.1) is 23.1 Å². The molecule has 36 heavy (non-hydrogen) atoms. The van der Waals surface area contributed by atoms with Crippen LogP contribution in [0.5, 0.6) is 0 Å². The molecule has 0 bridgehead atoms. The van der Waals surface area contributed by atoms with Crippen molar-refractivity contribution < 1.29 is 28.9 Å². The quantitative estimate of drug-likeness (QED) is 0.199. The number of nitrogens with zero attached hydrogens (tertiary/aromatic N) is 4. The average molecular weight is 549 g/mol. The van der Waals surface area contributed by atoms with Crippen LogP contribution in [0.4, 0.5) is 5.13 Å². The molecule has 2 atom stereocenters. The van der Waals surface area contributed by atoms with E-state index < -0.39 is 29.2 Å². The molecule has 3 aliphatic rings. The molecule has 0 radical (unpaired) electrons. The van der Waals surface area contributed by atoms with Gasteiger partial charge in [0, 0.05) is 23.1 Å². The summed E-state index contributed by atoms with van der Waals surface area (Å²) in [5, 5.41) is 19.9. The van der Waals surface area contributed by atoms with Crippen LogP contribution in [0.1, 0.15) is 36.0 Å². The number of hydrogen-bond acceptors (Lipinski definition) is 11. The zero-order chi connectivity index (χ0) is 25.4. The predicted octanol–water partition coefficient (Wildman–Crippen LogP) is -0.202. The van der Waals surface area contributed by atoms with Gasteiger partial charge in [-0.3, -0.25) is 14.5 Å². The number of nitrogens with one attached hydrogen (secondary N) is 1. The average Bonchev–Trinajstić information content (AvgIpc) is 3.48. The fourth-order valence-corrected chi connectivity index (χ4v) is 7.51. The van der Waals surface area contributed by atoms with E-state index in [-0.39, 0.29) is 28.8 Å². The minimum Gasteiger partial charge on any atom is -0.543 e. The van der Waals surface area contributed by atoms with E-state index in [9.17, 15) is 19.5 Å². The summed E-state index contributed by atoms with van der Waals surface area (Å²) < 4.78 is 2.10. The molecular formula is C22H24N6O5S3. The zero-order valence-corrected chi connectivity index (χ0v) is 21.8. The van der Waals surface area contributed by atoms with Crippen molar-refractivity contribution in [2.45, 2.75) is 50.6 Å². The van der Waals surface area contributed by atoms with Crippen molar-refractivity contribution in [2.75, 3.05) is 18.1 Å². The minimum atomic E-state index is -1.39. The van der Waals surface area contributed by atoms with E-state index in [4.69, 9.17) is 10.6 Å². The molecule has 0 aromatic carbocycles. The molecular weight excluding hydrogens is 524 g/mol. The first-order valence-corrected chi connectivity index (χ1v) is 14.3. The number of nitrogens with two attached hydrogens (primary N) is 1. The number of aliphatic carboxylic acids is 1. The van der Waals surface area contributed by atoms with E-state index in [0.717, 1.165) is 30.6 Å². The van der Waals surface area contributed by atoms with Crippen LogP contribution in [0.2, 0.25) is 0 Å². The van der Waals surface area contributed by atoms with Gasteiger partial charge in [-0.2, -0.15) is 4.57 Å². The molecule has 1 aliphatic carbocycles. The molecule has 1 saturated heterocycles. The number of nitrogen functional groups attached to an aromatic ring is 1. The molecule has 190 valence electrons. The molecule has 11 nitrogen and oxygen atoms in total. The number of aryl methyl sites for hydroxylation is 1. The van der Waals surface area contributed by atoms with Crippen LogP contribution >= 0.6 is 34.4 Å². The summed E-state index contributed by atoms with van der Waals surface area (Å²) >= 11 is 4.25. The van der Waals surface area contributed by atoms with Crippen LogP contribution < -0.4 is 20.7 Å². The Morgan fingerprint density at radius 3 is 2.89 bits per heavy atom.